The minimum absolute atomic E-state index is 0.0938. The van der Waals surface area contributed by atoms with Gasteiger partial charge in [0.15, 0.2) is 0 Å². The normalized spacial score (nSPS) is 56.8. The van der Waals surface area contributed by atoms with E-state index in [0.29, 0.717) is 48.0 Å². The lowest BCUT2D eigenvalue weighted by Crippen LogP contribution is -2.58. The lowest BCUT2D eigenvalue weighted by atomic mass is 9.50. The van der Waals surface area contributed by atoms with Crippen LogP contribution in [0.4, 0.5) is 0 Å². The van der Waals surface area contributed by atoms with Crippen LogP contribution in [0.1, 0.15) is 158 Å². The van der Waals surface area contributed by atoms with E-state index in [1.165, 1.54) is 70.6 Å². The molecule has 20 unspecified atom stereocenters. The Bertz CT molecular complexity index is 1670. The number of cyclic esters (lactones) is 1. The molecule has 12 bridgehead atoms. The maximum atomic E-state index is 13.1. The van der Waals surface area contributed by atoms with Crippen molar-refractivity contribution >= 4 is 17.9 Å². The second-order valence-electron chi connectivity index (χ2n) is 25.3. The summed E-state index contributed by atoms with van der Waals surface area (Å²) in [4.78, 5) is 37.6. The van der Waals surface area contributed by atoms with Crippen molar-refractivity contribution in [3.63, 3.8) is 0 Å². The van der Waals surface area contributed by atoms with Crippen LogP contribution < -0.4 is 0 Å². The van der Waals surface area contributed by atoms with Crippen LogP contribution in [-0.4, -0.2) is 35.7 Å². The minimum Gasteiger partial charge on any atom is -0.465 e. The summed E-state index contributed by atoms with van der Waals surface area (Å²) in [6.07, 6.45) is 20.0. The Balaban J connectivity index is 0.000000107. The number of fused-ring (bicyclic) bond motifs is 16. The lowest BCUT2D eigenvalue weighted by Gasteiger charge is -2.59. The Labute approximate surface area is 363 Å². The number of ether oxygens (including phenoxy) is 3. The molecule has 13 saturated carbocycles. The van der Waals surface area contributed by atoms with E-state index in [0.717, 1.165) is 115 Å². The third-order valence-electron chi connectivity index (χ3n) is 23.8. The molecular weight excluding hydrogens is 745 g/mol. The quantitative estimate of drug-likeness (QED) is 0.156. The highest BCUT2D eigenvalue weighted by Gasteiger charge is 2.67. The molecule has 0 aromatic carbocycles. The van der Waals surface area contributed by atoms with Crippen LogP contribution in [0.25, 0.3) is 0 Å². The molecule has 1 heterocycles. The third-order valence-corrected chi connectivity index (χ3v) is 23.8. The molecule has 14 rings (SSSR count). The van der Waals surface area contributed by atoms with E-state index in [1.54, 1.807) is 0 Å². The standard InChI is InChI=1S/C22H34O2.C21H32O2.C11H16O2/c1-4-22(7-5-6-8-22)24-21(23)18-10-14-9-17(18)20-16-11-15(19(14)20)12(2)13(16)3;1-11-12(2)18-9-15(11)10-19(18)20(22)23-21(3)16-5-13-4-14(7-16)8-17(21)6-13;1-5-6(2)8-3-7(5)9-4-13-11(12)10(8)9/h12-20H,4-11H2,1-3H3;11-19H,4-10H2,1-3H3;5-10H,3-4H2,1-2H3. The van der Waals surface area contributed by atoms with Crippen LogP contribution in [0, 0.1) is 142 Å². The summed E-state index contributed by atoms with van der Waals surface area (Å²) in [5, 5.41) is 0. The molecule has 6 heteroatoms. The molecule has 13 aliphatic carbocycles. The van der Waals surface area contributed by atoms with E-state index >= 15 is 0 Å². The number of carbonyl (C=O) groups excluding carboxylic acids is 3. The van der Waals surface area contributed by atoms with Crippen LogP contribution in [-0.2, 0) is 28.6 Å². The average molecular weight is 827 g/mol. The SMILES string of the molecule is CC1C(C)C2CC1C1COC(=O)C21.CC1C2CC(C(=O)OC3(C)C4CC5CC(C4)CC3C5)C(C2)C1C.CCC1(OC(=O)C2CC3CC2C2C4CC(C(C)C4C)C32)CCCC1. The fourth-order valence-electron chi connectivity index (χ4n) is 20.1. The van der Waals surface area contributed by atoms with Crippen molar-refractivity contribution in [2.75, 3.05) is 6.61 Å². The predicted octanol–water partition coefficient (Wildman–Crippen LogP) is 11.4. The smallest absolute Gasteiger partial charge is 0.309 e. The first-order valence-electron chi connectivity index (χ1n) is 26.3. The Morgan fingerprint density at radius 2 is 1.10 bits per heavy atom. The zero-order valence-electron chi connectivity index (χ0n) is 38.8. The van der Waals surface area contributed by atoms with Gasteiger partial charge in [0.05, 0.1) is 24.4 Å². The molecule has 1 aliphatic heterocycles. The third kappa shape index (κ3) is 6.03. The molecular formula is C54H82O6. The largest absolute Gasteiger partial charge is 0.465 e. The van der Waals surface area contributed by atoms with Gasteiger partial charge in [-0.05, 0) is 228 Å². The summed E-state index contributed by atoms with van der Waals surface area (Å²) < 4.78 is 17.8. The van der Waals surface area contributed by atoms with Gasteiger partial charge < -0.3 is 14.2 Å². The molecule has 60 heavy (non-hydrogen) atoms. The molecule has 20 atom stereocenters. The van der Waals surface area contributed by atoms with Crippen molar-refractivity contribution in [2.45, 2.75) is 169 Å². The van der Waals surface area contributed by atoms with Gasteiger partial charge in [-0.15, -0.1) is 0 Å². The van der Waals surface area contributed by atoms with Crippen molar-refractivity contribution in [2.24, 2.45) is 142 Å². The highest BCUT2D eigenvalue weighted by Crippen LogP contribution is 2.72. The van der Waals surface area contributed by atoms with E-state index in [4.69, 9.17) is 14.2 Å². The van der Waals surface area contributed by atoms with Gasteiger partial charge in [0, 0.05) is 5.92 Å². The molecule has 0 spiro atoms. The maximum Gasteiger partial charge on any atom is 0.309 e. The molecule has 334 valence electrons. The molecule has 0 N–H and O–H groups in total. The van der Waals surface area contributed by atoms with Gasteiger partial charge in [-0.25, -0.2) is 0 Å². The Kier molecular flexibility index (Phi) is 10.1. The van der Waals surface area contributed by atoms with Gasteiger partial charge >= 0.3 is 17.9 Å². The summed E-state index contributed by atoms with van der Waals surface area (Å²) in [6, 6.07) is 0. The highest BCUT2D eigenvalue weighted by atomic mass is 16.6. The second-order valence-corrected chi connectivity index (χ2v) is 25.3. The summed E-state index contributed by atoms with van der Waals surface area (Å²) in [5.74, 6) is 17.8. The first-order valence-corrected chi connectivity index (χ1v) is 26.3. The average Bonchev–Trinajstić information content (AvgIpc) is 4.09. The van der Waals surface area contributed by atoms with Crippen LogP contribution in [0.15, 0.2) is 0 Å². The number of hydrogen-bond acceptors (Lipinski definition) is 6. The van der Waals surface area contributed by atoms with Gasteiger partial charge in [0.1, 0.15) is 11.2 Å². The number of hydrogen-bond donors (Lipinski definition) is 0. The van der Waals surface area contributed by atoms with Crippen LogP contribution in [0.5, 0.6) is 0 Å². The molecule has 0 aromatic heterocycles. The van der Waals surface area contributed by atoms with Crippen molar-refractivity contribution in [3.8, 4) is 0 Å². The minimum atomic E-state index is -0.138. The topological polar surface area (TPSA) is 78.9 Å². The zero-order valence-corrected chi connectivity index (χ0v) is 38.8. The molecule has 0 radical (unpaired) electrons. The van der Waals surface area contributed by atoms with E-state index in [2.05, 4.69) is 55.4 Å². The maximum absolute atomic E-state index is 13.1. The predicted molar refractivity (Wildman–Crippen MR) is 232 cm³/mol. The molecule has 14 aliphatic rings. The summed E-state index contributed by atoms with van der Waals surface area (Å²) in [6.45, 7) is 19.6. The molecule has 0 aromatic rings. The van der Waals surface area contributed by atoms with Gasteiger partial charge in [-0.3, -0.25) is 14.4 Å². The zero-order chi connectivity index (χ0) is 41.7. The van der Waals surface area contributed by atoms with E-state index in [1.807, 2.05) is 0 Å². The van der Waals surface area contributed by atoms with Gasteiger partial charge in [0.25, 0.3) is 0 Å². The summed E-state index contributed by atoms with van der Waals surface area (Å²) in [7, 11) is 0. The fraction of sp³-hybridized carbons (Fsp3) is 0.944. The highest BCUT2D eigenvalue weighted by molar-refractivity contribution is 5.76. The molecule has 14 fully saturated rings. The first-order chi connectivity index (χ1) is 28.7. The van der Waals surface area contributed by atoms with Crippen molar-refractivity contribution < 1.29 is 28.6 Å². The van der Waals surface area contributed by atoms with Crippen molar-refractivity contribution in [1.82, 2.24) is 0 Å². The summed E-state index contributed by atoms with van der Waals surface area (Å²) in [5.41, 5.74) is -0.240. The summed E-state index contributed by atoms with van der Waals surface area (Å²) >= 11 is 0. The van der Waals surface area contributed by atoms with E-state index in [9.17, 15) is 14.4 Å². The number of rotatable bonds is 5. The number of esters is 3. The van der Waals surface area contributed by atoms with Crippen LogP contribution in [0.3, 0.4) is 0 Å². The lowest BCUT2D eigenvalue weighted by molar-refractivity contribution is -0.209. The Morgan fingerprint density at radius 1 is 0.567 bits per heavy atom. The van der Waals surface area contributed by atoms with Crippen molar-refractivity contribution in [1.29, 1.82) is 0 Å². The second kappa shape index (κ2) is 14.7. The van der Waals surface area contributed by atoms with Crippen molar-refractivity contribution in [3.05, 3.63) is 0 Å². The van der Waals surface area contributed by atoms with Gasteiger partial charge in [-0.2, -0.15) is 0 Å². The van der Waals surface area contributed by atoms with Gasteiger partial charge in [-0.1, -0.05) is 48.5 Å². The van der Waals surface area contributed by atoms with E-state index < -0.39 is 0 Å². The molecule has 0 amide bonds. The molecule has 1 saturated heterocycles. The van der Waals surface area contributed by atoms with Crippen LogP contribution in [0.2, 0.25) is 0 Å². The monoisotopic (exact) mass is 827 g/mol. The molecule has 6 nitrogen and oxygen atoms in total. The Hall–Kier alpha value is -1.59. The van der Waals surface area contributed by atoms with Gasteiger partial charge in [0.2, 0.25) is 0 Å². The number of carbonyl (C=O) groups is 3. The first kappa shape index (κ1) is 41.1. The van der Waals surface area contributed by atoms with Crippen LogP contribution >= 0.6 is 0 Å². The van der Waals surface area contributed by atoms with E-state index in [-0.39, 0.29) is 46.9 Å². The fourth-order valence-corrected chi connectivity index (χ4v) is 20.1. The Morgan fingerprint density at radius 3 is 1.73 bits per heavy atom.